The largest absolute Gasteiger partial charge is 0.394 e. The third-order valence-electron chi connectivity index (χ3n) is 18.2. The van der Waals surface area contributed by atoms with Crippen LogP contribution >= 0.6 is 0 Å². The molecule has 0 radical (unpaired) electrons. The van der Waals surface area contributed by atoms with E-state index in [2.05, 4.69) is 116 Å². The molecule has 9 N–H and O–H groups in total. The van der Waals surface area contributed by atoms with Crippen molar-refractivity contribution < 1.29 is 64.6 Å². The molecule has 2 aliphatic rings. The smallest absolute Gasteiger partial charge is 0.220 e. The minimum absolute atomic E-state index is 0.252. The molecule has 14 nitrogen and oxygen atoms in total. The van der Waals surface area contributed by atoms with Gasteiger partial charge in [-0.1, -0.05) is 309 Å². The zero-order valence-corrected chi connectivity index (χ0v) is 59.9. The van der Waals surface area contributed by atoms with Gasteiger partial charge in [0.2, 0.25) is 5.91 Å². The fourth-order valence-corrected chi connectivity index (χ4v) is 12.1. The summed E-state index contributed by atoms with van der Waals surface area (Å²) in [5, 5.41) is 87.6. The minimum Gasteiger partial charge on any atom is -0.394 e. The van der Waals surface area contributed by atoms with Crippen LogP contribution in [0.1, 0.15) is 303 Å². The highest BCUT2D eigenvalue weighted by Gasteiger charge is 2.51. The van der Waals surface area contributed by atoms with Crippen molar-refractivity contribution in [2.24, 2.45) is 0 Å². The molecule has 14 heteroatoms. The van der Waals surface area contributed by atoms with Crippen LogP contribution in [0.25, 0.3) is 0 Å². The van der Waals surface area contributed by atoms with Crippen molar-refractivity contribution in [2.45, 2.75) is 376 Å². The van der Waals surface area contributed by atoms with Crippen molar-refractivity contribution in [3.63, 3.8) is 0 Å². The zero-order valence-electron chi connectivity index (χ0n) is 59.9. The summed E-state index contributed by atoms with van der Waals surface area (Å²) in [6.45, 7) is 2.69. The third kappa shape index (κ3) is 47.4. The normalized spacial score (nSPS) is 23.0. The molecule has 0 saturated carbocycles. The van der Waals surface area contributed by atoms with Crippen LogP contribution in [-0.4, -0.2) is 140 Å². The second kappa shape index (κ2) is 64.1. The molecule has 0 aromatic heterocycles. The Labute approximate surface area is 578 Å². The van der Waals surface area contributed by atoms with Crippen molar-refractivity contribution in [2.75, 3.05) is 19.8 Å². The lowest BCUT2D eigenvalue weighted by Crippen LogP contribution is -2.65. The number of hydrogen-bond acceptors (Lipinski definition) is 13. The van der Waals surface area contributed by atoms with Gasteiger partial charge in [-0.05, 0) is 96.3 Å². The van der Waals surface area contributed by atoms with Gasteiger partial charge in [0.15, 0.2) is 12.6 Å². The average Bonchev–Trinajstić information content (AvgIpc) is 0.927. The Morgan fingerprint density at radius 1 is 0.389 bits per heavy atom. The van der Waals surface area contributed by atoms with Gasteiger partial charge in [0.05, 0.1) is 32.0 Å². The molecule has 0 bridgehead atoms. The number of amides is 1. The molecule has 0 aromatic rings. The second-order valence-electron chi connectivity index (χ2n) is 26.7. The van der Waals surface area contributed by atoms with Crippen LogP contribution < -0.4 is 5.32 Å². The van der Waals surface area contributed by atoms with Gasteiger partial charge in [-0.15, -0.1) is 0 Å². The monoisotopic (exact) mass is 1340 g/mol. The van der Waals surface area contributed by atoms with Gasteiger partial charge < -0.3 is 65.1 Å². The number of rotatable bonds is 63. The zero-order chi connectivity index (χ0) is 68.7. The van der Waals surface area contributed by atoms with E-state index < -0.39 is 86.8 Å². The van der Waals surface area contributed by atoms with E-state index >= 15 is 0 Å². The standard InChI is InChI=1S/C81H141NO13/c1-3-5-7-9-11-13-15-17-19-21-23-25-27-29-30-31-32-33-34-35-36-37-38-39-40-41-43-45-47-49-51-53-55-57-59-61-63-65-73(86)82-69(68-92-80-78(91)76(89)79(72(67-84)94-80)95-81-77(90)75(88)74(87)71(66-83)93-81)70(85)64-62-60-58-56-54-52-50-48-46-44-42-28-26-24-22-20-18-16-14-12-10-8-6-4-2/h5,7,11,13,17,19,23,25,29-30,32-33,46,48,54,56,62,64,69-72,74-81,83-85,87-91H,3-4,6,8-10,12,14-16,18,20-22,24,26-28,31,34-45,47,49-53,55,57-61,63,65-68H2,1-2H3,(H,82,86)/b7-5-,13-11-,19-17-,25-23-,30-29-,33-32-,48-46+,56-54+,64-62+. The molecule has 2 saturated heterocycles. The number of ether oxygens (including phenoxy) is 4. The molecule has 2 rings (SSSR count). The molecule has 0 aliphatic carbocycles. The number of aliphatic hydroxyl groups excluding tert-OH is 8. The lowest BCUT2D eigenvalue weighted by atomic mass is 9.97. The number of unbranched alkanes of at least 4 members (excludes halogenated alkanes) is 34. The van der Waals surface area contributed by atoms with E-state index in [-0.39, 0.29) is 18.9 Å². The summed E-state index contributed by atoms with van der Waals surface area (Å²) >= 11 is 0. The Morgan fingerprint density at radius 3 is 1.16 bits per heavy atom. The lowest BCUT2D eigenvalue weighted by molar-refractivity contribution is -0.359. The Balaban J connectivity index is 1.63. The number of allylic oxidation sites excluding steroid dienone is 17. The summed E-state index contributed by atoms with van der Waals surface area (Å²) in [5.74, 6) is -0.252. The second-order valence-corrected chi connectivity index (χ2v) is 26.7. The molecular formula is C81H141NO13. The lowest BCUT2D eigenvalue weighted by Gasteiger charge is -2.46. The topological polar surface area (TPSA) is 228 Å². The van der Waals surface area contributed by atoms with Crippen molar-refractivity contribution in [3.8, 4) is 0 Å². The first kappa shape index (κ1) is 87.7. The van der Waals surface area contributed by atoms with Crippen LogP contribution in [0.3, 0.4) is 0 Å². The van der Waals surface area contributed by atoms with Crippen molar-refractivity contribution in [3.05, 3.63) is 109 Å². The molecule has 12 atom stereocenters. The minimum atomic E-state index is -1.80. The molecular weight excluding hydrogens is 1190 g/mol. The van der Waals surface area contributed by atoms with E-state index in [4.69, 9.17) is 18.9 Å². The number of carbonyl (C=O) groups excluding carboxylic acids is 1. The molecule has 2 fully saturated rings. The quantitative estimate of drug-likeness (QED) is 0.0204. The highest BCUT2D eigenvalue weighted by molar-refractivity contribution is 5.76. The first-order valence-electron chi connectivity index (χ1n) is 38.6. The number of aliphatic hydroxyl groups is 8. The van der Waals surface area contributed by atoms with Crippen molar-refractivity contribution >= 4 is 5.91 Å². The number of nitrogens with one attached hydrogen (secondary N) is 1. The summed E-state index contributed by atoms with van der Waals surface area (Å²) in [4.78, 5) is 13.4. The van der Waals surface area contributed by atoms with Crippen LogP contribution in [0.15, 0.2) is 109 Å². The van der Waals surface area contributed by atoms with Gasteiger partial charge in [0.1, 0.15) is 48.8 Å². The predicted molar refractivity (Wildman–Crippen MR) is 392 cm³/mol. The highest BCUT2D eigenvalue weighted by Crippen LogP contribution is 2.30. The van der Waals surface area contributed by atoms with E-state index in [1.165, 1.54) is 186 Å². The van der Waals surface area contributed by atoms with Crippen LogP contribution in [0.2, 0.25) is 0 Å². The first-order chi connectivity index (χ1) is 46.6. The summed E-state index contributed by atoms with van der Waals surface area (Å²) in [7, 11) is 0. The maximum atomic E-state index is 13.4. The van der Waals surface area contributed by atoms with Crippen molar-refractivity contribution in [1.82, 2.24) is 5.32 Å². The Hall–Kier alpha value is -3.35. The highest BCUT2D eigenvalue weighted by atomic mass is 16.7. The Bertz CT molecular complexity index is 2010. The molecule has 0 aromatic carbocycles. The summed E-state index contributed by atoms with van der Waals surface area (Å²) in [6, 6.07) is -0.944. The molecule has 0 spiro atoms. The fraction of sp³-hybridized carbons (Fsp3) is 0.765. The van der Waals surface area contributed by atoms with Crippen LogP contribution in [-0.2, 0) is 23.7 Å². The average molecular weight is 1340 g/mol. The molecule has 2 heterocycles. The maximum Gasteiger partial charge on any atom is 0.220 e. The Kier molecular flexibility index (Phi) is 59.2. The van der Waals surface area contributed by atoms with Crippen LogP contribution in [0.5, 0.6) is 0 Å². The molecule has 2 aliphatic heterocycles. The molecule has 12 unspecified atom stereocenters. The molecule has 548 valence electrons. The first-order valence-corrected chi connectivity index (χ1v) is 38.6. The van der Waals surface area contributed by atoms with Crippen molar-refractivity contribution in [1.29, 1.82) is 0 Å². The van der Waals surface area contributed by atoms with Gasteiger partial charge in [0, 0.05) is 6.42 Å². The third-order valence-corrected chi connectivity index (χ3v) is 18.2. The number of hydrogen-bond donors (Lipinski definition) is 9. The van der Waals surface area contributed by atoms with E-state index in [1.54, 1.807) is 6.08 Å². The van der Waals surface area contributed by atoms with E-state index in [9.17, 15) is 45.6 Å². The number of carbonyl (C=O) groups is 1. The summed E-state index contributed by atoms with van der Waals surface area (Å²) in [5.41, 5.74) is 0. The van der Waals surface area contributed by atoms with E-state index in [0.717, 1.165) is 83.5 Å². The van der Waals surface area contributed by atoms with Crippen LogP contribution in [0, 0.1) is 0 Å². The summed E-state index contributed by atoms with van der Waals surface area (Å²) < 4.78 is 22.9. The van der Waals surface area contributed by atoms with Crippen LogP contribution in [0.4, 0.5) is 0 Å². The van der Waals surface area contributed by atoms with Gasteiger partial charge in [-0.2, -0.15) is 0 Å². The van der Waals surface area contributed by atoms with Gasteiger partial charge in [-0.3, -0.25) is 4.79 Å². The molecule has 1 amide bonds. The molecule has 95 heavy (non-hydrogen) atoms. The van der Waals surface area contributed by atoms with E-state index in [1.807, 2.05) is 6.08 Å². The fourth-order valence-electron chi connectivity index (χ4n) is 12.1. The van der Waals surface area contributed by atoms with Gasteiger partial charge in [0.25, 0.3) is 0 Å². The SMILES string of the molecule is CC/C=C\C/C=C\C/C=C\C/C=C\C/C=C\C/C=C\CCCCCCCCCCCCCCCCCCCCC(=O)NC(COC1OC(CO)C(OC2OC(CO)C(O)C(O)C2O)C(O)C1O)C(O)/C=C/CC/C=C/CC/C=C/CCCCCCCCCCCCCCCC. The van der Waals surface area contributed by atoms with Gasteiger partial charge >= 0.3 is 0 Å². The summed E-state index contributed by atoms with van der Waals surface area (Å²) in [6.07, 6.45) is 75.9. The maximum absolute atomic E-state index is 13.4. The Morgan fingerprint density at radius 2 is 0.737 bits per heavy atom. The predicted octanol–water partition coefficient (Wildman–Crippen LogP) is 17.1. The van der Waals surface area contributed by atoms with E-state index in [0.29, 0.717) is 12.8 Å². The van der Waals surface area contributed by atoms with Gasteiger partial charge in [-0.25, -0.2) is 0 Å².